The van der Waals surface area contributed by atoms with Crippen molar-refractivity contribution in [3.05, 3.63) is 30.5 Å². The Morgan fingerprint density at radius 1 is 1.38 bits per heavy atom. The lowest BCUT2D eigenvalue weighted by molar-refractivity contribution is 0.603. The molecule has 0 aliphatic carbocycles. The smallest absolute Gasteiger partial charge is 0.0691 e. The van der Waals surface area contributed by atoms with Crippen LogP contribution in [0, 0.1) is 5.92 Å². The third-order valence-corrected chi connectivity index (χ3v) is 3.53. The van der Waals surface area contributed by atoms with Crippen LogP contribution >= 0.6 is 0 Å². The van der Waals surface area contributed by atoms with E-state index in [1.807, 2.05) is 6.20 Å². The van der Waals surface area contributed by atoms with E-state index < -0.39 is 0 Å². The van der Waals surface area contributed by atoms with E-state index in [4.69, 9.17) is 5.73 Å². The van der Waals surface area contributed by atoms with Crippen molar-refractivity contribution in [2.24, 2.45) is 11.7 Å². The minimum absolute atomic E-state index is 0.658. The van der Waals surface area contributed by atoms with Gasteiger partial charge in [-0.15, -0.1) is 0 Å². The van der Waals surface area contributed by atoms with Crippen molar-refractivity contribution in [3.63, 3.8) is 0 Å². The van der Waals surface area contributed by atoms with Gasteiger partial charge in [0.25, 0.3) is 0 Å². The van der Waals surface area contributed by atoms with Crippen molar-refractivity contribution in [1.29, 1.82) is 0 Å². The third-order valence-electron chi connectivity index (χ3n) is 3.53. The maximum absolute atomic E-state index is 5.73. The van der Waals surface area contributed by atoms with Crippen LogP contribution in [0.25, 0.3) is 10.9 Å². The predicted molar refractivity (Wildman–Crippen MR) is 67.7 cm³/mol. The summed E-state index contributed by atoms with van der Waals surface area (Å²) in [5, 5.41) is 1.29. The van der Waals surface area contributed by atoms with Gasteiger partial charge in [-0.3, -0.25) is 0 Å². The highest BCUT2D eigenvalue weighted by molar-refractivity contribution is 5.91. The second-order valence-corrected chi connectivity index (χ2v) is 4.56. The lowest BCUT2D eigenvalue weighted by Crippen LogP contribution is -2.22. The highest BCUT2D eigenvalue weighted by Gasteiger charge is 2.22. The molecule has 1 aromatic heterocycles. The average Bonchev–Trinajstić information content (AvgIpc) is 2.97. The molecule has 84 valence electrons. The summed E-state index contributed by atoms with van der Waals surface area (Å²) in [5.74, 6) is 0.658. The third kappa shape index (κ3) is 1.48. The van der Waals surface area contributed by atoms with E-state index in [0.29, 0.717) is 5.92 Å². The van der Waals surface area contributed by atoms with Crippen LogP contribution in [0.15, 0.2) is 30.5 Å². The van der Waals surface area contributed by atoms with E-state index >= 15 is 0 Å². The van der Waals surface area contributed by atoms with Crippen molar-refractivity contribution < 1.29 is 0 Å². The first-order chi connectivity index (χ1) is 7.88. The average molecular weight is 215 g/mol. The molecule has 2 aromatic rings. The standard InChI is InChI=1S/C13H17N3/c14-8-10-5-7-16(9-10)12-3-1-2-11-4-6-15-13(11)12/h1-4,6,10,15H,5,7-9,14H2. The van der Waals surface area contributed by atoms with Gasteiger partial charge in [-0.05, 0) is 31.0 Å². The summed E-state index contributed by atoms with van der Waals surface area (Å²) in [6, 6.07) is 8.58. The molecule has 0 amide bonds. The number of anilines is 1. The van der Waals surface area contributed by atoms with E-state index in [1.165, 1.54) is 23.0 Å². The molecule has 1 unspecified atom stereocenters. The molecule has 3 N–H and O–H groups in total. The Bertz CT molecular complexity index is 489. The molecule has 3 heteroatoms. The Hall–Kier alpha value is -1.48. The molecule has 16 heavy (non-hydrogen) atoms. The SMILES string of the molecule is NCC1CCN(c2cccc3cc[nH]c23)C1. The molecule has 1 saturated heterocycles. The van der Waals surface area contributed by atoms with Crippen molar-refractivity contribution in [2.45, 2.75) is 6.42 Å². The van der Waals surface area contributed by atoms with Gasteiger partial charge in [0.1, 0.15) is 0 Å². The lowest BCUT2D eigenvalue weighted by Gasteiger charge is -2.19. The quantitative estimate of drug-likeness (QED) is 0.804. The number of aromatic amines is 1. The molecule has 0 saturated carbocycles. The zero-order valence-electron chi connectivity index (χ0n) is 9.32. The number of para-hydroxylation sites is 1. The molecule has 3 nitrogen and oxygen atoms in total. The molecule has 0 bridgehead atoms. The van der Waals surface area contributed by atoms with Crippen LogP contribution in [0.2, 0.25) is 0 Å². The Labute approximate surface area is 95.2 Å². The van der Waals surface area contributed by atoms with Crippen molar-refractivity contribution in [2.75, 3.05) is 24.5 Å². The summed E-state index contributed by atoms with van der Waals surface area (Å²) in [6.45, 7) is 3.02. The maximum Gasteiger partial charge on any atom is 0.0691 e. The van der Waals surface area contributed by atoms with Gasteiger partial charge in [-0.25, -0.2) is 0 Å². The summed E-state index contributed by atoms with van der Waals surface area (Å²) >= 11 is 0. The van der Waals surface area contributed by atoms with E-state index in [2.05, 4.69) is 34.1 Å². The van der Waals surface area contributed by atoms with Crippen molar-refractivity contribution in [3.8, 4) is 0 Å². The van der Waals surface area contributed by atoms with E-state index in [1.54, 1.807) is 0 Å². The van der Waals surface area contributed by atoms with Crippen molar-refractivity contribution in [1.82, 2.24) is 4.98 Å². The normalized spacial score (nSPS) is 20.8. The zero-order valence-corrected chi connectivity index (χ0v) is 9.32. The topological polar surface area (TPSA) is 45.0 Å². The van der Waals surface area contributed by atoms with E-state index in [0.717, 1.165) is 19.6 Å². The number of nitrogens with one attached hydrogen (secondary N) is 1. The Kier molecular flexibility index (Phi) is 2.33. The van der Waals surface area contributed by atoms with E-state index in [9.17, 15) is 0 Å². The second kappa shape index (κ2) is 3.83. The van der Waals surface area contributed by atoms with Crippen LogP contribution in [0.5, 0.6) is 0 Å². The molecule has 1 aliphatic heterocycles. The van der Waals surface area contributed by atoms with Crippen LogP contribution in [0.3, 0.4) is 0 Å². The molecule has 1 aliphatic rings. The summed E-state index contributed by atoms with van der Waals surface area (Å²) in [5.41, 5.74) is 8.30. The molecule has 1 aromatic carbocycles. The van der Waals surface area contributed by atoms with Crippen LogP contribution in [-0.4, -0.2) is 24.6 Å². The highest BCUT2D eigenvalue weighted by Crippen LogP contribution is 2.29. The molecule has 1 atom stereocenters. The summed E-state index contributed by atoms with van der Waals surface area (Å²) < 4.78 is 0. The second-order valence-electron chi connectivity index (χ2n) is 4.56. The van der Waals surface area contributed by atoms with Gasteiger partial charge in [-0.2, -0.15) is 0 Å². The van der Waals surface area contributed by atoms with Gasteiger partial charge in [0.15, 0.2) is 0 Å². The van der Waals surface area contributed by atoms with Crippen LogP contribution < -0.4 is 10.6 Å². The monoisotopic (exact) mass is 215 g/mol. The van der Waals surface area contributed by atoms with Gasteiger partial charge in [-0.1, -0.05) is 12.1 Å². The summed E-state index contributed by atoms with van der Waals surface area (Å²) in [4.78, 5) is 5.77. The lowest BCUT2D eigenvalue weighted by atomic mass is 10.1. The fourth-order valence-corrected chi connectivity index (χ4v) is 2.58. The number of benzene rings is 1. The number of fused-ring (bicyclic) bond motifs is 1. The summed E-state index contributed by atoms with van der Waals surface area (Å²) in [6.07, 6.45) is 3.22. The molecule has 2 heterocycles. The minimum Gasteiger partial charge on any atom is -0.370 e. The first-order valence-electron chi connectivity index (χ1n) is 5.89. The first kappa shape index (κ1) is 9.73. The van der Waals surface area contributed by atoms with Crippen LogP contribution in [-0.2, 0) is 0 Å². The molecule has 3 rings (SSSR count). The largest absolute Gasteiger partial charge is 0.370 e. The predicted octanol–water partition coefficient (Wildman–Crippen LogP) is 1.95. The van der Waals surface area contributed by atoms with Crippen LogP contribution in [0.4, 0.5) is 5.69 Å². The van der Waals surface area contributed by atoms with Crippen LogP contribution in [0.1, 0.15) is 6.42 Å². The molecule has 0 spiro atoms. The number of aromatic nitrogens is 1. The van der Waals surface area contributed by atoms with Gasteiger partial charge in [0.05, 0.1) is 11.2 Å². The van der Waals surface area contributed by atoms with Gasteiger partial charge in [0, 0.05) is 24.7 Å². The zero-order chi connectivity index (χ0) is 11.0. The van der Waals surface area contributed by atoms with E-state index in [-0.39, 0.29) is 0 Å². The fourth-order valence-electron chi connectivity index (χ4n) is 2.58. The first-order valence-corrected chi connectivity index (χ1v) is 5.89. The number of nitrogens with zero attached hydrogens (tertiary/aromatic N) is 1. The van der Waals surface area contributed by atoms with Crippen molar-refractivity contribution >= 4 is 16.6 Å². The molecule has 0 radical (unpaired) electrons. The fraction of sp³-hybridized carbons (Fsp3) is 0.385. The number of hydrogen-bond acceptors (Lipinski definition) is 2. The molecular weight excluding hydrogens is 198 g/mol. The molecular formula is C13H17N3. The van der Waals surface area contributed by atoms with Gasteiger partial charge in [0.2, 0.25) is 0 Å². The Morgan fingerprint density at radius 2 is 2.31 bits per heavy atom. The molecule has 1 fully saturated rings. The number of nitrogens with two attached hydrogens (primary N) is 1. The minimum atomic E-state index is 0.658. The number of H-pyrrole nitrogens is 1. The highest BCUT2D eigenvalue weighted by atomic mass is 15.2. The van der Waals surface area contributed by atoms with Gasteiger partial charge < -0.3 is 15.6 Å². The summed E-state index contributed by atoms with van der Waals surface area (Å²) in [7, 11) is 0. The Balaban J connectivity index is 1.97. The maximum atomic E-state index is 5.73. The van der Waals surface area contributed by atoms with Gasteiger partial charge >= 0.3 is 0 Å². The number of rotatable bonds is 2. The Morgan fingerprint density at radius 3 is 3.12 bits per heavy atom. The number of hydrogen-bond donors (Lipinski definition) is 2.